The van der Waals surface area contributed by atoms with E-state index in [9.17, 15) is 13.8 Å². The molecule has 3 heterocycles. The van der Waals surface area contributed by atoms with Crippen molar-refractivity contribution in [3.05, 3.63) is 70.3 Å². The molecule has 11 heteroatoms. The van der Waals surface area contributed by atoms with Crippen LogP contribution in [0.15, 0.2) is 52.9 Å². The second-order valence-electron chi connectivity index (χ2n) is 13.9. The van der Waals surface area contributed by atoms with Gasteiger partial charge in [-0.1, -0.05) is 50.6 Å². The Labute approximate surface area is 276 Å². The molecule has 7 rings (SSSR count). The predicted molar refractivity (Wildman–Crippen MR) is 179 cm³/mol. The number of nitrogens with one attached hydrogen (secondary N) is 1. The SMILES string of the molecule is CCC(=O)N1N[C@@H]2[C@@H](C)C/C=C/[C@H](OC)[C@H]3[C@@]4(CN5Cc6ccc(Cl)cc6CCCCOc6ccc(cc65)C(=O)N=[S@]21=O)C[C@@]34C. The molecular weight excluding hydrogens is 624 g/mol. The number of amides is 2. The number of hydrazine groups is 1. The molecule has 2 aliphatic carbocycles. The van der Waals surface area contributed by atoms with Crippen molar-refractivity contribution in [1.82, 2.24) is 9.84 Å². The summed E-state index contributed by atoms with van der Waals surface area (Å²) in [5.41, 5.74) is 6.82. The second kappa shape index (κ2) is 11.6. The highest BCUT2D eigenvalue weighted by Crippen LogP contribution is 2.91. The van der Waals surface area contributed by atoms with Crippen LogP contribution in [-0.2, 0) is 32.4 Å². The summed E-state index contributed by atoms with van der Waals surface area (Å²) in [4.78, 5) is 29.0. The lowest BCUT2D eigenvalue weighted by molar-refractivity contribution is -0.129. The number of anilines is 1. The van der Waals surface area contributed by atoms with E-state index >= 15 is 0 Å². The Bertz CT molecular complexity index is 1740. The van der Waals surface area contributed by atoms with Crippen LogP contribution >= 0.6 is 11.6 Å². The maximum absolute atomic E-state index is 14.4. The number of carbonyl (C=O) groups is 2. The highest BCUT2D eigenvalue weighted by molar-refractivity contribution is 7.93. The van der Waals surface area contributed by atoms with Crippen molar-refractivity contribution in [1.29, 1.82) is 0 Å². The molecule has 246 valence electrons. The van der Waals surface area contributed by atoms with Crippen molar-refractivity contribution in [3.63, 3.8) is 0 Å². The number of hydrogen-bond donors (Lipinski definition) is 1. The lowest BCUT2D eigenvalue weighted by Crippen LogP contribution is -2.69. The number of ether oxygens (including phenoxy) is 2. The Balaban J connectivity index is 1.37. The van der Waals surface area contributed by atoms with Crippen LogP contribution in [0.4, 0.5) is 5.69 Å². The summed E-state index contributed by atoms with van der Waals surface area (Å²) >= 11 is 6.46. The molecule has 2 aromatic rings. The molecule has 46 heavy (non-hydrogen) atoms. The summed E-state index contributed by atoms with van der Waals surface area (Å²) in [6.45, 7) is 7.97. The predicted octanol–water partition coefficient (Wildman–Crippen LogP) is 6.31. The number of aryl methyl sites for hydroxylation is 1. The third-order valence-electron chi connectivity index (χ3n) is 11.1. The number of carbonyl (C=O) groups excluding carboxylic acids is 2. The van der Waals surface area contributed by atoms with E-state index in [1.54, 1.807) is 20.1 Å². The minimum absolute atomic E-state index is 0.0564. The van der Waals surface area contributed by atoms with Gasteiger partial charge >= 0.3 is 0 Å². The van der Waals surface area contributed by atoms with Crippen molar-refractivity contribution in [2.24, 2.45) is 27.0 Å². The molecule has 5 aliphatic rings. The van der Waals surface area contributed by atoms with E-state index in [1.165, 1.54) is 11.1 Å². The summed E-state index contributed by atoms with van der Waals surface area (Å²) in [5.74, 6) is -0.0588. The van der Waals surface area contributed by atoms with Crippen LogP contribution in [0.2, 0.25) is 5.02 Å². The highest BCUT2D eigenvalue weighted by atomic mass is 35.5. The lowest BCUT2D eigenvalue weighted by atomic mass is 9.94. The van der Waals surface area contributed by atoms with Crippen LogP contribution in [0.1, 0.15) is 74.4 Å². The molecule has 1 saturated heterocycles. The fourth-order valence-corrected chi connectivity index (χ4v) is 10.7. The average Bonchev–Trinajstić information content (AvgIpc) is 3.81. The molecule has 1 spiro atoms. The van der Waals surface area contributed by atoms with Gasteiger partial charge in [0.25, 0.3) is 5.91 Å². The van der Waals surface area contributed by atoms with Gasteiger partial charge in [-0.05, 0) is 84.9 Å². The van der Waals surface area contributed by atoms with Gasteiger partial charge in [0.15, 0.2) is 9.92 Å². The second-order valence-corrected chi connectivity index (χ2v) is 16.4. The topological polar surface area (TPSA) is 101 Å². The first-order valence-corrected chi connectivity index (χ1v) is 18.3. The molecule has 3 fully saturated rings. The molecule has 7 atom stereocenters. The van der Waals surface area contributed by atoms with E-state index in [0.717, 1.165) is 47.4 Å². The standard InChI is InChI=1S/C35H43ClN4O5S/c1-5-30(41)40-37-33-22(2)9-8-11-29(44-4)31-34(3)20-35(31,34)21-39-19-25-12-14-26(36)17-23(25)10-6-7-16-45-28-15-13-24(18-27(28)39)32(42)38-46(33,40)43/h8,11-15,17-18,22,29,31,33,37H,5-7,9-10,16,19-21H2,1-4H3/b11-8+/t22-,29-,31+,33-,34-,35-,46+/m0/s1. The largest absolute Gasteiger partial charge is 0.491 e. The maximum Gasteiger partial charge on any atom is 0.286 e. The molecule has 0 radical (unpaired) electrons. The summed E-state index contributed by atoms with van der Waals surface area (Å²) in [5, 5.41) is 0.0769. The fraction of sp³-hybridized carbons (Fsp3) is 0.543. The molecular formula is C35H43ClN4O5S. The van der Waals surface area contributed by atoms with Gasteiger partial charge in [-0.2, -0.15) is 9.84 Å². The zero-order valence-electron chi connectivity index (χ0n) is 27.0. The molecule has 3 aliphatic heterocycles. The van der Waals surface area contributed by atoms with Crippen LogP contribution in [0.3, 0.4) is 0 Å². The number of fused-ring (bicyclic) bond motifs is 4. The van der Waals surface area contributed by atoms with E-state index < -0.39 is 21.2 Å². The molecule has 0 aromatic heterocycles. The molecule has 2 aromatic carbocycles. The summed E-state index contributed by atoms with van der Waals surface area (Å²) < 4.78 is 32.3. The van der Waals surface area contributed by atoms with Gasteiger partial charge in [0.1, 0.15) is 11.1 Å². The number of halogens is 1. The van der Waals surface area contributed by atoms with E-state index in [0.29, 0.717) is 36.8 Å². The minimum Gasteiger partial charge on any atom is -0.491 e. The number of rotatable bonds is 2. The zero-order valence-corrected chi connectivity index (χ0v) is 28.5. The highest BCUT2D eigenvalue weighted by Gasteiger charge is 2.89. The van der Waals surface area contributed by atoms with Crippen LogP contribution < -0.4 is 15.1 Å². The van der Waals surface area contributed by atoms with Crippen LogP contribution in [0, 0.1) is 22.7 Å². The Kier molecular flexibility index (Phi) is 8.02. The van der Waals surface area contributed by atoms with Gasteiger partial charge in [-0.15, -0.1) is 4.36 Å². The smallest absolute Gasteiger partial charge is 0.286 e. The van der Waals surface area contributed by atoms with Crippen LogP contribution in [0.5, 0.6) is 5.75 Å². The third-order valence-corrected chi connectivity index (χ3v) is 13.8. The first-order valence-electron chi connectivity index (χ1n) is 16.4. The first kappa shape index (κ1) is 31.7. The van der Waals surface area contributed by atoms with Crippen molar-refractivity contribution < 1.29 is 23.3 Å². The maximum atomic E-state index is 14.4. The number of hydrogen-bond acceptors (Lipinski definition) is 7. The molecule has 2 amide bonds. The van der Waals surface area contributed by atoms with Gasteiger partial charge in [-0.3, -0.25) is 9.59 Å². The van der Waals surface area contributed by atoms with Gasteiger partial charge in [0, 0.05) is 48.5 Å². The Morgan fingerprint density at radius 2 is 2.04 bits per heavy atom. The molecule has 2 saturated carbocycles. The average molecular weight is 667 g/mol. The van der Waals surface area contributed by atoms with E-state index in [1.807, 2.05) is 25.1 Å². The van der Waals surface area contributed by atoms with Gasteiger partial charge < -0.3 is 14.4 Å². The molecule has 9 nitrogen and oxygen atoms in total. The van der Waals surface area contributed by atoms with E-state index in [2.05, 4.69) is 45.9 Å². The minimum atomic E-state index is -3.37. The number of methoxy groups -OCH3 is 1. The Morgan fingerprint density at radius 1 is 1.22 bits per heavy atom. The van der Waals surface area contributed by atoms with Gasteiger partial charge in [-0.25, -0.2) is 4.21 Å². The van der Waals surface area contributed by atoms with Crippen molar-refractivity contribution in [2.75, 3.05) is 25.2 Å². The van der Waals surface area contributed by atoms with Gasteiger partial charge in [0.2, 0.25) is 5.91 Å². The first-order chi connectivity index (χ1) is 22.0. The van der Waals surface area contributed by atoms with E-state index in [-0.39, 0.29) is 35.2 Å². The van der Waals surface area contributed by atoms with E-state index in [4.69, 9.17) is 21.1 Å². The van der Waals surface area contributed by atoms with Gasteiger partial charge in [0.05, 0.1) is 18.4 Å². The molecule has 1 N–H and O–H groups in total. The Morgan fingerprint density at radius 3 is 2.80 bits per heavy atom. The zero-order chi connectivity index (χ0) is 32.4. The number of allylic oxidation sites excluding steroid dienone is 1. The molecule has 0 unspecified atom stereocenters. The van der Waals surface area contributed by atoms with Crippen molar-refractivity contribution in [2.45, 2.75) is 77.3 Å². The third kappa shape index (κ3) is 5.07. The summed E-state index contributed by atoms with van der Waals surface area (Å²) in [6.07, 6.45) is 8.79. The number of benzene rings is 2. The summed E-state index contributed by atoms with van der Waals surface area (Å²) in [6, 6.07) is 11.5. The monoisotopic (exact) mass is 666 g/mol. The van der Waals surface area contributed by atoms with Crippen molar-refractivity contribution in [3.8, 4) is 5.75 Å². The fourth-order valence-electron chi connectivity index (χ4n) is 8.23. The summed E-state index contributed by atoms with van der Waals surface area (Å²) in [7, 11) is -1.60. The van der Waals surface area contributed by atoms with Crippen LogP contribution in [-0.4, -0.2) is 52.2 Å². The molecule has 2 bridgehead atoms. The normalized spacial score (nSPS) is 35.8. The number of nitrogens with zero attached hydrogens (tertiary/aromatic N) is 3. The lowest BCUT2D eigenvalue weighted by Gasteiger charge is -2.45. The van der Waals surface area contributed by atoms with Crippen molar-refractivity contribution >= 4 is 39.0 Å². The quantitative estimate of drug-likeness (QED) is 0.375. The van der Waals surface area contributed by atoms with Crippen LogP contribution in [0.25, 0.3) is 0 Å². The Hall–Kier alpha value is -2.92.